The van der Waals surface area contributed by atoms with Crippen LogP contribution in [0.4, 0.5) is 0 Å². The summed E-state index contributed by atoms with van der Waals surface area (Å²) in [5, 5.41) is 11.6. The highest BCUT2D eigenvalue weighted by atomic mass is 32.1. The summed E-state index contributed by atoms with van der Waals surface area (Å²) in [4.78, 5) is 17.7. The molecule has 0 atom stereocenters. The van der Waals surface area contributed by atoms with E-state index in [4.69, 9.17) is 10.2 Å². The lowest BCUT2D eigenvalue weighted by atomic mass is 9.97. The first kappa shape index (κ1) is 16.7. The van der Waals surface area contributed by atoms with E-state index in [9.17, 15) is 4.79 Å². The van der Waals surface area contributed by atoms with Gasteiger partial charge >= 0.3 is 0 Å². The molecule has 0 amide bonds. The third kappa shape index (κ3) is 3.18. The Morgan fingerprint density at radius 3 is 2.73 bits per heavy atom. The molecule has 1 aromatic heterocycles. The maximum atomic E-state index is 13.0. The molecule has 1 aliphatic carbocycles. The second-order valence-corrected chi connectivity index (χ2v) is 7.37. The van der Waals surface area contributed by atoms with E-state index in [2.05, 4.69) is 23.6 Å². The summed E-state index contributed by atoms with van der Waals surface area (Å²) in [5.74, 6) is 0.112. The van der Waals surface area contributed by atoms with E-state index >= 15 is 0 Å². The van der Waals surface area contributed by atoms with Crippen LogP contribution in [-0.2, 0) is 19.3 Å². The van der Waals surface area contributed by atoms with E-state index in [0.717, 1.165) is 64.2 Å². The summed E-state index contributed by atoms with van der Waals surface area (Å²) in [5.41, 5.74) is 5.87. The predicted octanol–water partition coefficient (Wildman–Crippen LogP) is 4.99. The Bertz CT molecular complexity index is 1010. The van der Waals surface area contributed by atoms with Gasteiger partial charge in [-0.05, 0) is 42.9 Å². The molecular weight excluding hydrogens is 340 g/mol. The van der Waals surface area contributed by atoms with Gasteiger partial charge in [-0.1, -0.05) is 36.4 Å². The van der Waals surface area contributed by atoms with Crippen molar-refractivity contribution in [3.8, 4) is 16.6 Å². The highest BCUT2D eigenvalue weighted by Crippen LogP contribution is 2.30. The lowest BCUT2D eigenvalue weighted by Gasteiger charge is -2.07. The molecule has 128 valence electrons. The number of nitrogens with zero attached hydrogens (tertiary/aromatic N) is 2. The van der Waals surface area contributed by atoms with Crippen molar-refractivity contribution in [3.63, 3.8) is 0 Å². The van der Waals surface area contributed by atoms with Gasteiger partial charge in [-0.2, -0.15) is 5.26 Å². The van der Waals surface area contributed by atoms with E-state index < -0.39 is 0 Å². The second kappa shape index (κ2) is 7.23. The van der Waals surface area contributed by atoms with E-state index in [-0.39, 0.29) is 5.78 Å². The molecule has 2 aromatic carbocycles. The number of nitriles is 1. The fourth-order valence-electron chi connectivity index (χ4n) is 3.42. The van der Waals surface area contributed by atoms with Crippen molar-refractivity contribution in [3.05, 3.63) is 75.8 Å². The van der Waals surface area contributed by atoms with Crippen molar-refractivity contribution in [1.82, 2.24) is 4.98 Å². The van der Waals surface area contributed by atoms with Gasteiger partial charge < -0.3 is 0 Å². The van der Waals surface area contributed by atoms with Crippen molar-refractivity contribution in [2.24, 2.45) is 0 Å². The smallest absolute Gasteiger partial charge is 0.193 e. The van der Waals surface area contributed by atoms with E-state index in [1.165, 1.54) is 0 Å². The number of hydrogen-bond donors (Lipinski definition) is 0. The molecule has 3 aromatic rings. The van der Waals surface area contributed by atoms with Crippen molar-refractivity contribution in [2.45, 2.75) is 32.1 Å². The van der Waals surface area contributed by atoms with E-state index in [1.807, 2.05) is 30.3 Å². The van der Waals surface area contributed by atoms with Gasteiger partial charge in [0, 0.05) is 28.5 Å². The number of ketones is 1. The number of fused-ring (bicyclic) bond motifs is 2. The van der Waals surface area contributed by atoms with Gasteiger partial charge in [-0.15, -0.1) is 11.3 Å². The van der Waals surface area contributed by atoms with Crippen LogP contribution in [0.25, 0.3) is 10.6 Å². The van der Waals surface area contributed by atoms with Crippen LogP contribution in [0, 0.1) is 11.3 Å². The number of aromatic nitrogens is 1. The molecular formula is C22H18N2OS. The lowest BCUT2D eigenvalue weighted by Crippen LogP contribution is -2.04. The maximum absolute atomic E-state index is 13.0. The Balaban J connectivity index is 1.66. The van der Waals surface area contributed by atoms with Crippen LogP contribution in [0.3, 0.4) is 0 Å². The summed E-state index contributed by atoms with van der Waals surface area (Å²) in [7, 11) is 0. The van der Waals surface area contributed by atoms with Gasteiger partial charge in [0.15, 0.2) is 5.78 Å². The first-order valence-electron chi connectivity index (χ1n) is 8.83. The standard InChI is InChI=1S/C22H18N2OS/c23-12-4-3-6-18-14-26-22(24-18)17-11-10-16-9-8-15-5-1-2-7-19(15)21(25)20(16)13-17/h1-2,5,7,10-11,13-14H,3-4,6,8-9H2. The van der Waals surface area contributed by atoms with Crippen LogP contribution in [0.2, 0.25) is 0 Å². The van der Waals surface area contributed by atoms with Crippen LogP contribution in [0.5, 0.6) is 0 Å². The predicted molar refractivity (Wildman–Crippen MR) is 103 cm³/mol. The number of rotatable bonds is 4. The summed E-state index contributed by atoms with van der Waals surface area (Å²) < 4.78 is 0. The molecule has 0 radical (unpaired) electrons. The molecule has 26 heavy (non-hydrogen) atoms. The molecule has 0 unspecified atom stereocenters. The first-order valence-corrected chi connectivity index (χ1v) is 9.71. The highest BCUT2D eigenvalue weighted by Gasteiger charge is 2.21. The fraction of sp³-hybridized carbons (Fsp3) is 0.227. The third-order valence-corrected chi connectivity index (χ3v) is 5.74. The molecule has 0 bridgehead atoms. The minimum Gasteiger partial charge on any atom is -0.289 e. The molecule has 3 nitrogen and oxygen atoms in total. The Kier molecular flexibility index (Phi) is 4.64. The van der Waals surface area contributed by atoms with Gasteiger partial charge in [0.1, 0.15) is 5.01 Å². The normalized spacial score (nSPS) is 12.8. The first-order chi connectivity index (χ1) is 12.8. The Labute approximate surface area is 157 Å². The zero-order valence-corrected chi connectivity index (χ0v) is 15.2. The average Bonchev–Trinajstić information content (AvgIpc) is 3.10. The summed E-state index contributed by atoms with van der Waals surface area (Å²) in [6.45, 7) is 0. The summed E-state index contributed by atoms with van der Waals surface area (Å²) >= 11 is 1.60. The molecule has 1 heterocycles. The van der Waals surface area contributed by atoms with Crippen molar-refractivity contribution in [1.29, 1.82) is 5.26 Å². The van der Waals surface area contributed by atoms with Gasteiger partial charge in [-0.25, -0.2) is 4.98 Å². The maximum Gasteiger partial charge on any atom is 0.193 e. The zero-order chi connectivity index (χ0) is 17.9. The number of aryl methyl sites for hydroxylation is 3. The number of unbranched alkanes of at least 4 members (excludes halogenated alkanes) is 1. The van der Waals surface area contributed by atoms with Crippen molar-refractivity contribution < 1.29 is 4.79 Å². The van der Waals surface area contributed by atoms with Gasteiger partial charge in [0.25, 0.3) is 0 Å². The third-order valence-electron chi connectivity index (χ3n) is 4.80. The largest absolute Gasteiger partial charge is 0.289 e. The number of thiazole rings is 1. The van der Waals surface area contributed by atoms with Crippen molar-refractivity contribution in [2.75, 3.05) is 0 Å². The van der Waals surface area contributed by atoms with Crippen LogP contribution >= 0.6 is 11.3 Å². The average molecular weight is 358 g/mol. The molecule has 4 heteroatoms. The van der Waals surface area contributed by atoms with Gasteiger partial charge in [0.2, 0.25) is 0 Å². The van der Waals surface area contributed by atoms with Crippen LogP contribution in [0.1, 0.15) is 45.6 Å². The SMILES string of the molecule is N#CCCCc1csc(-c2ccc3c(c2)C(=O)c2ccccc2CC3)n1. The van der Waals surface area contributed by atoms with Crippen molar-refractivity contribution >= 4 is 17.1 Å². The quantitative estimate of drug-likeness (QED) is 0.618. The number of carbonyl (C=O) groups is 1. The van der Waals surface area contributed by atoms with Crippen LogP contribution in [-0.4, -0.2) is 10.8 Å². The number of carbonyl (C=O) groups excluding carboxylic acids is 1. The fourth-order valence-corrected chi connectivity index (χ4v) is 4.27. The van der Waals surface area contributed by atoms with Crippen LogP contribution in [0.15, 0.2) is 47.8 Å². The molecule has 0 fully saturated rings. The Morgan fingerprint density at radius 2 is 1.88 bits per heavy atom. The molecule has 0 saturated carbocycles. The van der Waals surface area contributed by atoms with Gasteiger partial charge in [0.05, 0.1) is 11.8 Å². The number of hydrogen-bond acceptors (Lipinski definition) is 4. The second-order valence-electron chi connectivity index (χ2n) is 6.51. The van der Waals surface area contributed by atoms with Gasteiger partial charge in [-0.3, -0.25) is 4.79 Å². The molecule has 0 saturated heterocycles. The Hall–Kier alpha value is -2.77. The topological polar surface area (TPSA) is 53.8 Å². The minimum atomic E-state index is 0.112. The molecule has 1 aliphatic rings. The minimum absolute atomic E-state index is 0.112. The molecule has 0 aliphatic heterocycles. The molecule has 0 N–H and O–H groups in total. The molecule has 0 spiro atoms. The zero-order valence-electron chi connectivity index (χ0n) is 14.4. The summed E-state index contributed by atoms with van der Waals surface area (Å²) in [6, 6.07) is 16.2. The van der Waals surface area contributed by atoms with Crippen LogP contribution < -0.4 is 0 Å². The lowest BCUT2D eigenvalue weighted by molar-refractivity contribution is 0.103. The van der Waals surface area contributed by atoms with E-state index in [0.29, 0.717) is 6.42 Å². The highest BCUT2D eigenvalue weighted by molar-refractivity contribution is 7.13. The summed E-state index contributed by atoms with van der Waals surface area (Å²) in [6.07, 6.45) is 3.99. The Morgan fingerprint density at radius 1 is 1.08 bits per heavy atom. The monoisotopic (exact) mass is 358 g/mol. The molecule has 4 rings (SSSR count). The number of benzene rings is 2. The van der Waals surface area contributed by atoms with E-state index in [1.54, 1.807) is 11.3 Å².